The first-order chi connectivity index (χ1) is 10.7. The minimum atomic E-state index is -0.354. The number of nitrogens with zero attached hydrogens (tertiary/aromatic N) is 3. The van der Waals surface area contributed by atoms with Crippen LogP contribution in [-0.4, -0.2) is 37.3 Å². The number of aliphatic hydroxyl groups is 1. The van der Waals surface area contributed by atoms with Crippen LogP contribution in [0.4, 0.5) is 0 Å². The molecule has 0 saturated heterocycles. The van der Waals surface area contributed by atoms with Crippen molar-refractivity contribution in [2.45, 2.75) is 38.3 Å². The Kier molecular flexibility index (Phi) is 4.43. The number of carbonyl (C=O) groups excluding carboxylic acids is 1. The van der Waals surface area contributed by atoms with Crippen LogP contribution in [0, 0.1) is 5.92 Å². The molecule has 3 rings (SSSR count). The molecule has 3 N–H and O–H groups in total. The van der Waals surface area contributed by atoms with Gasteiger partial charge in [-0.25, -0.2) is 4.98 Å². The molecule has 116 valence electrons. The van der Waals surface area contributed by atoms with E-state index >= 15 is 0 Å². The molecular formula is C15H19N5O2. The molecule has 0 bridgehead atoms. The Labute approximate surface area is 128 Å². The number of aromatic amines is 1. The van der Waals surface area contributed by atoms with Crippen molar-refractivity contribution in [1.29, 1.82) is 0 Å². The van der Waals surface area contributed by atoms with E-state index in [0.29, 0.717) is 24.6 Å². The summed E-state index contributed by atoms with van der Waals surface area (Å²) in [7, 11) is 0. The van der Waals surface area contributed by atoms with E-state index in [1.807, 2.05) is 12.1 Å². The summed E-state index contributed by atoms with van der Waals surface area (Å²) in [6.07, 6.45) is 6.08. The summed E-state index contributed by atoms with van der Waals surface area (Å²) in [5.41, 5.74) is 0.874. The van der Waals surface area contributed by atoms with E-state index in [-0.39, 0.29) is 17.9 Å². The number of hydrogen-bond acceptors (Lipinski definition) is 5. The molecular weight excluding hydrogens is 282 g/mol. The molecule has 7 heteroatoms. The quantitative estimate of drug-likeness (QED) is 0.782. The van der Waals surface area contributed by atoms with E-state index in [9.17, 15) is 9.90 Å². The Hall–Kier alpha value is -2.28. The molecule has 0 aliphatic heterocycles. The molecule has 2 aromatic heterocycles. The predicted octanol–water partition coefficient (Wildman–Crippen LogP) is 1.03. The number of H-pyrrole nitrogens is 1. The van der Waals surface area contributed by atoms with Crippen LogP contribution in [0.2, 0.25) is 0 Å². The summed E-state index contributed by atoms with van der Waals surface area (Å²) >= 11 is 0. The van der Waals surface area contributed by atoms with Gasteiger partial charge >= 0.3 is 0 Å². The Balaban J connectivity index is 1.56. The first-order valence-corrected chi connectivity index (χ1v) is 7.50. The lowest BCUT2D eigenvalue weighted by molar-refractivity contribution is -0.127. The maximum absolute atomic E-state index is 12.1. The third-order valence-corrected chi connectivity index (χ3v) is 3.92. The van der Waals surface area contributed by atoms with Gasteiger partial charge < -0.3 is 10.4 Å². The number of aromatic nitrogens is 4. The second kappa shape index (κ2) is 6.65. The monoisotopic (exact) mass is 301 g/mol. The van der Waals surface area contributed by atoms with Gasteiger partial charge in [-0.1, -0.05) is 6.42 Å². The average Bonchev–Trinajstić information content (AvgIpc) is 3.02. The SMILES string of the molecule is O=C(NCc1nc(-c2ccncc2)n[nH]1)[C@H]1CCC[C@H](O)C1. The van der Waals surface area contributed by atoms with E-state index in [2.05, 4.69) is 25.5 Å². The van der Waals surface area contributed by atoms with Gasteiger partial charge in [-0.15, -0.1) is 0 Å². The summed E-state index contributed by atoms with van der Waals surface area (Å²) in [4.78, 5) is 20.4. The van der Waals surface area contributed by atoms with Crippen LogP contribution in [-0.2, 0) is 11.3 Å². The third-order valence-electron chi connectivity index (χ3n) is 3.92. The lowest BCUT2D eigenvalue weighted by Crippen LogP contribution is -2.35. The number of rotatable bonds is 4. The van der Waals surface area contributed by atoms with E-state index in [0.717, 1.165) is 24.8 Å². The highest BCUT2D eigenvalue weighted by Crippen LogP contribution is 2.24. The highest BCUT2D eigenvalue weighted by Gasteiger charge is 2.25. The fourth-order valence-corrected chi connectivity index (χ4v) is 2.72. The first-order valence-electron chi connectivity index (χ1n) is 7.50. The Morgan fingerprint density at radius 3 is 2.95 bits per heavy atom. The maximum Gasteiger partial charge on any atom is 0.223 e. The summed E-state index contributed by atoms with van der Waals surface area (Å²) < 4.78 is 0. The second-order valence-corrected chi connectivity index (χ2v) is 5.58. The Morgan fingerprint density at radius 2 is 2.18 bits per heavy atom. The normalized spacial score (nSPS) is 21.5. The topological polar surface area (TPSA) is 104 Å². The van der Waals surface area contributed by atoms with Crippen LogP contribution >= 0.6 is 0 Å². The minimum Gasteiger partial charge on any atom is -0.393 e. The molecule has 7 nitrogen and oxygen atoms in total. The summed E-state index contributed by atoms with van der Waals surface area (Å²) in [5, 5.41) is 19.4. The lowest BCUT2D eigenvalue weighted by Gasteiger charge is -2.24. The van der Waals surface area contributed by atoms with Crippen LogP contribution in [0.5, 0.6) is 0 Å². The molecule has 1 amide bonds. The van der Waals surface area contributed by atoms with Crippen molar-refractivity contribution in [2.75, 3.05) is 0 Å². The molecule has 1 aliphatic carbocycles. The molecule has 2 atom stereocenters. The third kappa shape index (κ3) is 3.48. The minimum absolute atomic E-state index is 0.0272. The molecule has 0 unspecified atom stereocenters. The van der Waals surface area contributed by atoms with Crippen LogP contribution in [0.1, 0.15) is 31.5 Å². The second-order valence-electron chi connectivity index (χ2n) is 5.58. The highest BCUT2D eigenvalue weighted by atomic mass is 16.3. The molecule has 1 aliphatic rings. The van der Waals surface area contributed by atoms with Gasteiger partial charge in [0.2, 0.25) is 5.91 Å². The maximum atomic E-state index is 12.1. The van der Waals surface area contributed by atoms with Gasteiger partial charge in [0.15, 0.2) is 5.82 Å². The molecule has 2 heterocycles. The largest absolute Gasteiger partial charge is 0.393 e. The van der Waals surface area contributed by atoms with Crippen molar-refractivity contribution in [1.82, 2.24) is 25.5 Å². The predicted molar refractivity (Wildman–Crippen MR) is 79.4 cm³/mol. The van der Waals surface area contributed by atoms with Crippen molar-refractivity contribution in [3.8, 4) is 11.4 Å². The van der Waals surface area contributed by atoms with Crippen LogP contribution in [0.15, 0.2) is 24.5 Å². The number of pyridine rings is 1. The average molecular weight is 301 g/mol. The van der Waals surface area contributed by atoms with E-state index in [4.69, 9.17) is 0 Å². The number of hydrogen-bond donors (Lipinski definition) is 3. The van der Waals surface area contributed by atoms with Crippen molar-refractivity contribution in [3.63, 3.8) is 0 Å². The lowest BCUT2D eigenvalue weighted by atomic mass is 9.87. The molecule has 0 radical (unpaired) electrons. The van der Waals surface area contributed by atoms with Gasteiger partial charge in [-0.3, -0.25) is 14.9 Å². The van der Waals surface area contributed by atoms with Crippen molar-refractivity contribution < 1.29 is 9.90 Å². The van der Waals surface area contributed by atoms with E-state index in [1.54, 1.807) is 12.4 Å². The van der Waals surface area contributed by atoms with Crippen molar-refractivity contribution in [3.05, 3.63) is 30.4 Å². The Morgan fingerprint density at radius 1 is 1.36 bits per heavy atom. The van der Waals surface area contributed by atoms with Gasteiger partial charge in [0.05, 0.1) is 12.6 Å². The summed E-state index contributed by atoms with van der Waals surface area (Å²) in [6, 6.07) is 3.66. The zero-order valence-corrected chi connectivity index (χ0v) is 12.2. The zero-order chi connectivity index (χ0) is 15.4. The van der Waals surface area contributed by atoms with Crippen LogP contribution < -0.4 is 5.32 Å². The number of amides is 1. The van der Waals surface area contributed by atoms with E-state index < -0.39 is 0 Å². The molecule has 0 spiro atoms. The summed E-state index contributed by atoms with van der Waals surface area (Å²) in [5.74, 6) is 1.06. The molecule has 2 aromatic rings. The Bertz CT molecular complexity index is 628. The number of aliphatic hydroxyl groups excluding tert-OH is 1. The van der Waals surface area contributed by atoms with Gasteiger partial charge in [0, 0.05) is 23.9 Å². The van der Waals surface area contributed by atoms with E-state index in [1.165, 1.54) is 0 Å². The molecule has 22 heavy (non-hydrogen) atoms. The number of nitrogens with one attached hydrogen (secondary N) is 2. The highest BCUT2D eigenvalue weighted by molar-refractivity contribution is 5.78. The smallest absolute Gasteiger partial charge is 0.223 e. The fraction of sp³-hybridized carbons (Fsp3) is 0.467. The number of carbonyl (C=O) groups is 1. The van der Waals surface area contributed by atoms with Gasteiger partial charge in [0.25, 0.3) is 0 Å². The van der Waals surface area contributed by atoms with Gasteiger partial charge in [0.1, 0.15) is 5.82 Å². The first kappa shape index (κ1) is 14.6. The van der Waals surface area contributed by atoms with Crippen molar-refractivity contribution >= 4 is 5.91 Å². The van der Waals surface area contributed by atoms with Crippen molar-refractivity contribution in [2.24, 2.45) is 5.92 Å². The molecule has 1 fully saturated rings. The van der Waals surface area contributed by atoms with Crippen LogP contribution in [0.25, 0.3) is 11.4 Å². The fourth-order valence-electron chi connectivity index (χ4n) is 2.72. The van der Waals surface area contributed by atoms with Gasteiger partial charge in [-0.2, -0.15) is 5.10 Å². The molecule has 0 aromatic carbocycles. The zero-order valence-electron chi connectivity index (χ0n) is 12.2. The van der Waals surface area contributed by atoms with Crippen LogP contribution in [0.3, 0.4) is 0 Å². The molecule has 1 saturated carbocycles. The standard InChI is InChI=1S/C15H19N5O2/c21-12-3-1-2-11(8-12)15(22)17-9-13-18-14(20-19-13)10-4-6-16-7-5-10/h4-7,11-12,21H,1-3,8-9H2,(H,17,22)(H,18,19,20)/t11-,12-/m0/s1. The van der Waals surface area contributed by atoms with Gasteiger partial charge in [-0.05, 0) is 31.4 Å². The summed E-state index contributed by atoms with van der Waals surface area (Å²) in [6.45, 7) is 0.309.